The van der Waals surface area contributed by atoms with Crippen molar-refractivity contribution in [2.24, 2.45) is 11.7 Å². The van der Waals surface area contributed by atoms with Crippen LogP contribution in [0.5, 0.6) is 5.75 Å². The Morgan fingerprint density at radius 2 is 2.31 bits per heavy atom. The quantitative estimate of drug-likeness (QED) is 0.552. The third kappa shape index (κ3) is 5.82. The van der Waals surface area contributed by atoms with Gasteiger partial charge in [0.25, 0.3) is 5.91 Å². The SMILES string of the molecule is CN(Cc1cccnc1)C(=O)c1cc(Cl)cc(OCC2CCN(C(=N)N)OC2)c1. The number of hydroxylamine groups is 2. The van der Waals surface area contributed by atoms with Gasteiger partial charge in [-0.2, -0.15) is 0 Å². The van der Waals surface area contributed by atoms with Crippen molar-refractivity contribution >= 4 is 23.5 Å². The number of carbonyl (C=O) groups excluding carboxylic acids is 1. The van der Waals surface area contributed by atoms with E-state index in [0.717, 1.165) is 12.0 Å². The second kappa shape index (κ2) is 9.58. The average molecular weight is 418 g/mol. The van der Waals surface area contributed by atoms with Crippen LogP contribution in [0.25, 0.3) is 0 Å². The van der Waals surface area contributed by atoms with Crippen LogP contribution in [0.4, 0.5) is 0 Å². The van der Waals surface area contributed by atoms with E-state index in [9.17, 15) is 4.79 Å². The molecule has 3 rings (SSSR count). The summed E-state index contributed by atoms with van der Waals surface area (Å²) >= 11 is 6.20. The first-order chi connectivity index (χ1) is 13.9. The standard InChI is InChI=1S/C20H24ClN5O3/c1-25(11-14-3-2-5-24-10-14)19(27)16-7-17(21)9-18(8-16)28-12-15-4-6-26(20(22)23)29-13-15/h2-3,5,7-10,15H,4,6,11-13H2,1H3,(H3,22,23). The number of hydrogen-bond donors (Lipinski definition) is 2. The lowest BCUT2D eigenvalue weighted by molar-refractivity contribution is -0.149. The molecule has 1 aliphatic heterocycles. The molecule has 0 radical (unpaired) electrons. The zero-order valence-electron chi connectivity index (χ0n) is 16.2. The monoisotopic (exact) mass is 417 g/mol. The number of ether oxygens (including phenoxy) is 1. The lowest BCUT2D eigenvalue weighted by atomic mass is 10.1. The number of aromatic nitrogens is 1. The van der Waals surface area contributed by atoms with Crippen molar-refractivity contribution in [1.82, 2.24) is 14.9 Å². The van der Waals surface area contributed by atoms with Gasteiger partial charge in [-0.1, -0.05) is 17.7 Å². The highest BCUT2D eigenvalue weighted by molar-refractivity contribution is 6.31. The number of pyridine rings is 1. The number of carbonyl (C=O) groups is 1. The summed E-state index contributed by atoms with van der Waals surface area (Å²) < 4.78 is 5.86. The summed E-state index contributed by atoms with van der Waals surface area (Å²) in [6, 6.07) is 8.77. The number of nitrogens with zero attached hydrogens (tertiary/aromatic N) is 3. The van der Waals surface area contributed by atoms with Crippen LogP contribution < -0.4 is 10.5 Å². The predicted molar refractivity (Wildman–Crippen MR) is 110 cm³/mol. The molecule has 29 heavy (non-hydrogen) atoms. The van der Waals surface area contributed by atoms with Gasteiger partial charge in [0.05, 0.1) is 13.2 Å². The van der Waals surface area contributed by atoms with Crippen LogP contribution in [0.2, 0.25) is 5.02 Å². The van der Waals surface area contributed by atoms with Crippen LogP contribution in [0.15, 0.2) is 42.7 Å². The maximum absolute atomic E-state index is 12.8. The fourth-order valence-electron chi connectivity index (χ4n) is 3.01. The highest BCUT2D eigenvalue weighted by Gasteiger charge is 2.22. The molecule has 9 heteroatoms. The first-order valence-corrected chi connectivity index (χ1v) is 9.62. The summed E-state index contributed by atoms with van der Waals surface area (Å²) in [7, 11) is 1.73. The Morgan fingerprint density at radius 3 is 2.97 bits per heavy atom. The first-order valence-electron chi connectivity index (χ1n) is 9.24. The number of amides is 1. The molecule has 1 aliphatic rings. The normalized spacial score (nSPS) is 16.3. The number of benzene rings is 1. The van der Waals surface area contributed by atoms with Crippen LogP contribution in [0.1, 0.15) is 22.3 Å². The Bertz CT molecular complexity index is 856. The Balaban J connectivity index is 1.59. The molecular weight excluding hydrogens is 394 g/mol. The van der Waals surface area contributed by atoms with E-state index in [1.807, 2.05) is 12.1 Å². The fraction of sp³-hybridized carbons (Fsp3) is 0.350. The molecule has 3 N–H and O–H groups in total. The second-order valence-corrected chi connectivity index (χ2v) is 7.38. The van der Waals surface area contributed by atoms with Gasteiger partial charge < -0.3 is 15.4 Å². The van der Waals surface area contributed by atoms with E-state index in [2.05, 4.69) is 4.98 Å². The summed E-state index contributed by atoms with van der Waals surface area (Å²) in [5.41, 5.74) is 6.81. The minimum absolute atomic E-state index is 0.0993. The number of rotatable bonds is 6. The zero-order valence-corrected chi connectivity index (χ0v) is 16.9. The van der Waals surface area contributed by atoms with Crippen LogP contribution in [0, 0.1) is 11.3 Å². The Morgan fingerprint density at radius 1 is 1.48 bits per heavy atom. The van der Waals surface area contributed by atoms with Gasteiger partial charge in [0.1, 0.15) is 5.75 Å². The number of guanidine groups is 1. The number of hydrogen-bond acceptors (Lipinski definition) is 5. The maximum Gasteiger partial charge on any atom is 0.254 e. The topological polar surface area (TPSA) is 105 Å². The molecule has 1 aromatic carbocycles. The average Bonchev–Trinajstić information content (AvgIpc) is 2.72. The third-order valence-electron chi connectivity index (χ3n) is 4.57. The molecule has 1 saturated heterocycles. The van der Waals surface area contributed by atoms with Crippen LogP contribution in [-0.4, -0.2) is 53.6 Å². The van der Waals surface area contributed by atoms with E-state index in [1.54, 1.807) is 42.5 Å². The van der Waals surface area contributed by atoms with E-state index in [0.29, 0.717) is 42.6 Å². The van der Waals surface area contributed by atoms with Crippen molar-refractivity contribution in [3.05, 3.63) is 58.9 Å². The van der Waals surface area contributed by atoms with Crippen LogP contribution >= 0.6 is 11.6 Å². The predicted octanol–water partition coefficient (Wildman–Crippen LogP) is 2.53. The van der Waals surface area contributed by atoms with Gasteiger partial charge in [0.15, 0.2) is 0 Å². The molecule has 0 saturated carbocycles. The van der Waals surface area contributed by atoms with Crippen molar-refractivity contribution in [3.63, 3.8) is 0 Å². The zero-order chi connectivity index (χ0) is 20.8. The molecule has 154 valence electrons. The molecule has 1 amide bonds. The van der Waals surface area contributed by atoms with Crippen molar-refractivity contribution in [2.45, 2.75) is 13.0 Å². The van der Waals surface area contributed by atoms with E-state index >= 15 is 0 Å². The third-order valence-corrected chi connectivity index (χ3v) is 4.79. The summed E-state index contributed by atoms with van der Waals surface area (Å²) in [6.07, 6.45) is 4.22. The number of nitrogens with one attached hydrogen (secondary N) is 1. The van der Waals surface area contributed by atoms with Gasteiger partial charge in [-0.25, -0.2) is 5.06 Å². The van der Waals surface area contributed by atoms with Gasteiger partial charge in [0.2, 0.25) is 5.96 Å². The molecule has 1 fully saturated rings. The molecular formula is C20H24ClN5O3. The molecule has 0 bridgehead atoms. The van der Waals surface area contributed by atoms with Crippen molar-refractivity contribution in [2.75, 3.05) is 26.8 Å². The lowest BCUT2D eigenvalue weighted by Gasteiger charge is -2.31. The fourth-order valence-corrected chi connectivity index (χ4v) is 3.23. The molecule has 2 heterocycles. The molecule has 0 spiro atoms. The van der Waals surface area contributed by atoms with E-state index in [1.165, 1.54) is 5.06 Å². The van der Waals surface area contributed by atoms with Crippen molar-refractivity contribution < 1.29 is 14.4 Å². The van der Waals surface area contributed by atoms with Gasteiger partial charge in [-0.05, 0) is 36.2 Å². The molecule has 1 aromatic heterocycles. The Hall–Kier alpha value is -2.84. The summed E-state index contributed by atoms with van der Waals surface area (Å²) in [5, 5.41) is 9.18. The molecule has 1 unspecified atom stereocenters. The van der Waals surface area contributed by atoms with E-state index < -0.39 is 0 Å². The highest BCUT2D eigenvalue weighted by atomic mass is 35.5. The smallest absolute Gasteiger partial charge is 0.254 e. The molecule has 8 nitrogen and oxygen atoms in total. The minimum atomic E-state index is -0.153. The Kier molecular flexibility index (Phi) is 6.90. The molecule has 0 aliphatic carbocycles. The summed E-state index contributed by atoms with van der Waals surface area (Å²) in [6.45, 7) is 1.83. The molecule has 2 aromatic rings. The van der Waals surface area contributed by atoms with Gasteiger partial charge in [0, 0.05) is 49.0 Å². The lowest BCUT2D eigenvalue weighted by Crippen LogP contribution is -2.43. The second-order valence-electron chi connectivity index (χ2n) is 6.95. The van der Waals surface area contributed by atoms with E-state index in [4.69, 9.17) is 32.3 Å². The summed E-state index contributed by atoms with van der Waals surface area (Å²) in [5.74, 6) is 0.443. The van der Waals surface area contributed by atoms with Crippen molar-refractivity contribution in [3.8, 4) is 5.75 Å². The number of nitrogens with two attached hydrogens (primary N) is 1. The van der Waals surface area contributed by atoms with E-state index in [-0.39, 0.29) is 17.8 Å². The summed E-state index contributed by atoms with van der Waals surface area (Å²) in [4.78, 5) is 23.9. The van der Waals surface area contributed by atoms with Crippen LogP contribution in [0.3, 0.4) is 0 Å². The highest BCUT2D eigenvalue weighted by Crippen LogP contribution is 2.24. The van der Waals surface area contributed by atoms with Crippen molar-refractivity contribution in [1.29, 1.82) is 5.41 Å². The largest absolute Gasteiger partial charge is 0.493 e. The minimum Gasteiger partial charge on any atom is -0.493 e. The van der Waals surface area contributed by atoms with Crippen LogP contribution in [-0.2, 0) is 11.4 Å². The molecule has 1 atom stereocenters. The maximum atomic E-state index is 12.8. The van der Waals surface area contributed by atoms with Gasteiger partial charge in [-0.3, -0.25) is 20.0 Å². The number of halogens is 1. The first kappa shape index (κ1) is 20.9. The Labute approximate surface area is 174 Å². The van der Waals surface area contributed by atoms with Gasteiger partial charge in [-0.15, -0.1) is 0 Å². The van der Waals surface area contributed by atoms with Gasteiger partial charge >= 0.3 is 0 Å².